The summed E-state index contributed by atoms with van der Waals surface area (Å²) >= 11 is 0. The molecule has 0 saturated heterocycles. The zero-order valence-electron chi connectivity index (χ0n) is 5.67. The maximum atomic E-state index is 11.5. The molecule has 3 nitrogen and oxygen atoms in total. The second-order valence-corrected chi connectivity index (χ2v) is 2.44. The van der Waals surface area contributed by atoms with Crippen LogP contribution in [0.1, 0.15) is 6.42 Å². The van der Waals surface area contributed by atoms with Crippen molar-refractivity contribution in [2.24, 2.45) is 5.92 Å². The molecule has 1 N–H and O–H groups in total. The molecule has 0 aliphatic heterocycles. The topological polar surface area (TPSA) is 46.5 Å². The molecule has 0 heterocycles. The highest BCUT2D eigenvalue weighted by atomic mass is 19.3. The average Bonchev–Trinajstić information content (AvgIpc) is 2.61. The molecule has 5 heteroatoms. The van der Waals surface area contributed by atoms with Gasteiger partial charge in [0.2, 0.25) is 0 Å². The maximum Gasteiger partial charge on any atom is 0.309 e. The lowest BCUT2D eigenvalue weighted by molar-refractivity contribution is -0.139. The Kier molecular flexibility index (Phi) is 2.38. The lowest BCUT2D eigenvalue weighted by Gasteiger charge is -1.99. The largest absolute Gasteiger partial charge is 0.481 e. The second-order valence-electron chi connectivity index (χ2n) is 2.44. The number of hydrogen-bond acceptors (Lipinski definition) is 2. The fourth-order valence-corrected chi connectivity index (χ4v) is 0.812. The third kappa shape index (κ3) is 2.42. The van der Waals surface area contributed by atoms with Crippen molar-refractivity contribution in [3.8, 4) is 0 Å². The van der Waals surface area contributed by atoms with Gasteiger partial charge in [-0.15, -0.1) is 0 Å². The number of alkyl halides is 2. The first kappa shape index (κ1) is 8.39. The molecule has 0 aromatic carbocycles. The van der Waals surface area contributed by atoms with Gasteiger partial charge in [-0.2, -0.15) is 0 Å². The molecule has 1 unspecified atom stereocenters. The molecular formula is C6H8F2O3. The Hall–Kier alpha value is -0.710. The van der Waals surface area contributed by atoms with E-state index < -0.39 is 31.0 Å². The van der Waals surface area contributed by atoms with E-state index in [9.17, 15) is 13.6 Å². The molecule has 0 aromatic rings. The summed E-state index contributed by atoms with van der Waals surface area (Å²) in [6.45, 7) is -0.658. The lowest BCUT2D eigenvalue weighted by atomic mass is 10.4. The minimum absolute atomic E-state index is 0.363. The van der Waals surface area contributed by atoms with Gasteiger partial charge in [0.25, 0.3) is 6.43 Å². The number of halogens is 2. The van der Waals surface area contributed by atoms with Gasteiger partial charge in [0, 0.05) is 0 Å². The van der Waals surface area contributed by atoms with E-state index >= 15 is 0 Å². The summed E-state index contributed by atoms with van der Waals surface area (Å²) in [5.74, 6) is -1.53. The van der Waals surface area contributed by atoms with Crippen LogP contribution in [0.4, 0.5) is 8.78 Å². The summed E-state index contributed by atoms with van der Waals surface area (Å²) in [4.78, 5) is 10.1. The van der Waals surface area contributed by atoms with Gasteiger partial charge in [-0.25, -0.2) is 8.78 Å². The van der Waals surface area contributed by atoms with Crippen LogP contribution in [0.5, 0.6) is 0 Å². The Morgan fingerprint density at radius 1 is 1.73 bits per heavy atom. The molecule has 0 spiro atoms. The summed E-state index contributed by atoms with van der Waals surface area (Å²) in [7, 11) is 0. The third-order valence-corrected chi connectivity index (χ3v) is 1.49. The van der Waals surface area contributed by atoms with Gasteiger partial charge in [0.1, 0.15) is 6.61 Å². The zero-order chi connectivity index (χ0) is 8.43. The first-order chi connectivity index (χ1) is 5.11. The van der Waals surface area contributed by atoms with Crippen LogP contribution in [-0.4, -0.2) is 30.2 Å². The number of carboxylic acids is 1. The second kappa shape index (κ2) is 3.13. The van der Waals surface area contributed by atoms with Crippen LogP contribution in [0.3, 0.4) is 0 Å². The van der Waals surface area contributed by atoms with Gasteiger partial charge in [-0.3, -0.25) is 4.79 Å². The Morgan fingerprint density at radius 2 is 2.36 bits per heavy atom. The van der Waals surface area contributed by atoms with Crippen molar-refractivity contribution in [2.45, 2.75) is 19.0 Å². The fourth-order valence-electron chi connectivity index (χ4n) is 0.812. The van der Waals surface area contributed by atoms with Crippen molar-refractivity contribution in [3.63, 3.8) is 0 Å². The number of ether oxygens (including phenoxy) is 1. The van der Waals surface area contributed by atoms with E-state index in [0.29, 0.717) is 6.42 Å². The molecular weight excluding hydrogens is 158 g/mol. The smallest absolute Gasteiger partial charge is 0.309 e. The Bertz CT molecular complexity index is 160. The van der Waals surface area contributed by atoms with Gasteiger partial charge in [-0.1, -0.05) is 0 Å². The molecule has 1 aliphatic carbocycles. The number of aliphatic carboxylic acids is 1. The van der Waals surface area contributed by atoms with E-state index in [4.69, 9.17) is 5.11 Å². The van der Waals surface area contributed by atoms with Crippen molar-refractivity contribution >= 4 is 5.97 Å². The van der Waals surface area contributed by atoms with Gasteiger partial charge in [0.05, 0.1) is 12.0 Å². The minimum atomic E-state index is -2.51. The van der Waals surface area contributed by atoms with E-state index in [2.05, 4.69) is 4.74 Å². The van der Waals surface area contributed by atoms with E-state index in [1.807, 2.05) is 0 Å². The van der Waals surface area contributed by atoms with Crippen LogP contribution in [-0.2, 0) is 9.53 Å². The molecule has 11 heavy (non-hydrogen) atoms. The van der Waals surface area contributed by atoms with Crippen molar-refractivity contribution in [1.29, 1.82) is 0 Å². The monoisotopic (exact) mass is 166 g/mol. The van der Waals surface area contributed by atoms with E-state index in [-0.39, 0.29) is 0 Å². The van der Waals surface area contributed by atoms with Crippen molar-refractivity contribution in [3.05, 3.63) is 0 Å². The molecule has 1 fully saturated rings. The number of hydrogen-bond donors (Lipinski definition) is 1. The first-order valence-corrected chi connectivity index (χ1v) is 3.24. The predicted octanol–water partition coefficient (Wildman–Crippen LogP) is 0.741. The predicted molar refractivity (Wildman–Crippen MR) is 31.5 cm³/mol. The molecule has 1 aliphatic rings. The summed E-state index contributed by atoms with van der Waals surface area (Å²) in [6, 6.07) is 0. The molecule has 0 radical (unpaired) electrons. The van der Waals surface area contributed by atoms with Crippen LogP contribution in [0.15, 0.2) is 0 Å². The minimum Gasteiger partial charge on any atom is -0.481 e. The van der Waals surface area contributed by atoms with Crippen LogP contribution in [0.25, 0.3) is 0 Å². The highest BCUT2D eigenvalue weighted by molar-refractivity contribution is 5.74. The van der Waals surface area contributed by atoms with E-state index in [1.54, 1.807) is 0 Å². The lowest BCUT2D eigenvalue weighted by Crippen LogP contribution is -2.10. The third-order valence-electron chi connectivity index (χ3n) is 1.49. The molecule has 1 rings (SSSR count). The number of rotatable bonds is 4. The summed E-state index contributed by atoms with van der Waals surface area (Å²) in [5, 5.41) is 8.32. The highest BCUT2D eigenvalue weighted by Gasteiger charge is 2.44. The molecule has 0 amide bonds. The van der Waals surface area contributed by atoms with Crippen LogP contribution in [0, 0.1) is 5.92 Å². The van der Waals surface area contributed by atoms with Crippen LogP contribution < -0.4 is 0 Å². The van der Waals surface area contributed by atoms with E-state index in [0.717, 1.165) is 0 Å². The highest BCUT2D eigenvalue weighted by Crippen LogP contribution is 2.33. The number of carboxylic acid groups (broad SMARTS) is 1. The van der Waals surface area contributed by atoms with Crippen molar-refractivity contribution in [1.82, 2.24) is 0 Å². The average molecular weight is 166 g/mol. The van der Waals surface area contributed by atoms with Crippen LogP contribution >= 0.6 is 0 Å². The maximum absolute atomic E-state index is 11.5. The molecule has 1 saturated carbocycles. The quantitative estimate of drug-likeness (QED) is 0.670. The zero-order valence-corrected chi connectivity index (χ0v) is 5.67. The van der Waals surface area contributed by atoms with Crippen LogP contribution in [0.2, 0.25) is 0 Å². The Labute approximate surface area is 62.0 Å². The summed E-state index contributed by atoms with van der Waals surface area (Å²) in [5.41, 5.74) is 0. The van der Waals surface area contributed by atoms with Gasteiger partial charge < -0.3 is 9.84 Å². The van der Waals surface area contributed by atoms with Gasteiger partial charge in [0.15, 0.2) is 0 Å². The Balaban J connectivity index is 2.09. The van der Waals surface area contributed by atoms with Crippen molar-refractivity contribution < 1.29 is 23.4 Å². The molecule has 2 atom stereocenters. The molecule has 64 valence electrons. The summed E-state index contributed by atoms with van der Waals surface area (Å²) in [6.07, 6.45) is -2.63. The SMILES string of the molecule is O=C(O)[C@H]1CC1OCC(F)F. The molecule has 0 aromatic heterocycles. The Morgan fingerprint density at radius 3 is 2.73 bits per heavy atom. The van der Waals surface area contributed by atoms with Crippen molar-refractivity contribution in [2.75, 3.05) is 6.61 Å². The van der Waals surface area contributed by atoms with Gasteiger partial charge in [-0.05, 0) is 6.42 Å². The molecule has 0 bridgehead atoms. The van der Waals surface area contributed by atoms with Gasteiger partial charge >= 0.3 is 5.97 Å². The normalized spacial score (nSPS) is 29.0. The summed E-state index contributed by atoms with van der Waals surface area (Å²) < 4.78 is 27.5. The standard InChI is InChI=1S/C6H8F2O3/c7-5(8)2-11-4-1-3(4)6(9)10/h3-5H,1-2H2,(H,9,10)/t3-,4?/m0/s1. The first-order valence-electron chi connectivity index (χ1n) is 3.24. The number of carbonyl (C=O) groups is 1. The van der Waals surface area contributed by atoms with E-state index in [1.165, 1.54) is 0 Å². The fraction of sp³-hybridized carbons (Fsp3) is 0.833.